The van der Waals surface area contributed by atoms with E-state index in [1.54, 1.807) is 13.8 Å². The number of benzene rings is 1. The maximum atomic E-state index is 12.9. The second-order valence-corrected chi connectivity index (χ2v) is 3.77. The van der Waals surface area contributed by atoms with Gasteiger partial charge in [-0.15, -0.1) is 0 Å². The summed E-state index contributed by atoms with van der Waals surface area (Å²) >= 11 is 0. The second kappa shape index (κ2) is 5.03. The fourth-order valence-corrected chi connectivity index (χ4v) is 1.34. The van der Waals surface area contributed by atoms with E-state index in [4.69, 9.17) is 5.11 Å². The average Bonchev–Trinajstić information content (AvgIpc) is 2.18. The summed E-state index contributed by atoms with van der Waals surface area (Å²) in [7, 11) is 0. The van der Waals surface area contributed by atoms with Crippen molar-refractivity contribution in [3.63, 3.8) is 0 Å². The fraction of sp³-hybridized carbons (Fsp3) is 0.364. The molecule has 0 aliphatic rings. The molecule has 0 aliphatic heterocycles. The topological polar surface area (TPSA) is 49.3 Å². The Morgan fingerprint density at radius 2 is 1.94 bits per heavy atom. The minimum Gasteiger partial charge on any atom is -0.480 e. The molecule has 0 saturated heterocycles. The van der Waals surface area contributed by atoms with Gasteiger partial charge in [0.1, 0.15) is 6.04 Å². The highest BCUT2D eigenvalue weighted by atomic mass is 19.2. The predicted molar refractivity (Wildman–Crippen MR) is 55.0 cm³/mol. The van der Waals surface area contributed by atoms with Crippen LogP contribution >= 0.6 is 0 Å². The molecule has 88 valence electrons. The molecule has 5 heteroatoms. The van der Waals surface area contributed by atoms with Crippen LogP contribution in [-0.2, 0) is 4.79 Å². The normalized spacial score (nSPS) is 12.8. The van der Waals surface area contributed by atoms with E-state index in [2.05, 4.69) is 5.32 Å². The summed E-state index contributed by atoms with van der Waals surface area (Å²) in [5.74, 6) is -3.16. The maximum absolute atomic E-state index is 12.9. The maximum Gasteiger partial charge on any atom is 0.325 e. The molecular formula is C11H13F2NO2. The molecule has 3 nitrogen and oxygen atoms in total. The van der Waals surface area contributed by atoms with Crippen LogP contribution in [0.4, 0.5) is 8.78 Å². The zero-order chi connectivity index (χ0) is 12.3. The van der Waals surface area contributed by atoms with Crippen molar-refractivity contribution >= 4 is 5.97 Å². The highest BCUT2D eigenvalue weighted by Crippen LogP contribution is 2.17. The molecule has 0 bridgehead atoms. The molecular weight excluding hydrogens is 216 g/mol. The van der Waals surface area contributed by atoms with Gasteiger partial charge in [-0.2, -0.15) is 0 Å². The van der Waals surface area contributed by atoms with E-state index in [-0.39, 0.29) is 11.6 Å². The lowest BCUT2D eigenvalue weighted by atomic mass is 10.1. The Balaban J connectivity index is 3.01. The van der Waals surface area contributed by atoms with Crippen LogP contribution in [0, 0.1) is 11.6 Å². The van der Waals surface area contributed by atoms with E-state index >= 15 is 0 Å². The highest BCUT2D eigenvalue weighted by Gasteiger charge is 2.21. The Bertz CT molecular complexity index is 394. The zero-order valence-corrected chi connectivity index (χ0v) is 9.00. The van der Waals surface area contributed by atoms with Crippen molar-refractivity contribution in [3.8, 4) is 0 Å². The molecule has 0 amide bonds. The fourth-order valence-electron chi connectivity index (χ4n) is 1.34. The van der Waals surface area contributed by atoms with Crippen LogP contribution in [0.2, 0.25) is 0 Å². The highest BCUT2D eigenvalue weighted by molar-refractivity contribution is 5.75. The summed E-state index contributed by atoms with van der Waals surface area (Å²) in [4.78, 5) is 11.0. The van der Waals surface area contributed by atoms with Gasteiger partial charge in [0.15, 0.2) is 11.6 Å². The number of nitrogens with one attached hydrogen (secondary N) is 1. The number of hydrogen-bond donors (Lipinski definition) is 2. The molecule has 16 heavy (non-hydrogen) atoms. The van der Waals surface area contributed by atoms with Crippen LogP contribution in [-0.4, -0.2) is 17.1 Å². The van der Waals surface area contributed by atoms with Gasteiger partial charge >= 0.3 is 5.97 Å². The Hall–Kier alpha value is -1.49. The third-order valence-electron chi connectivity index (χ3n) is 2.02. The van der Waals surface area contributed by atoms with Crippen molar-refractivity contribution in [1.29, 1.82) is 0 Å². The Morgan fingerprint density at radius 1 is 1.31 bits per heavy atom. The SMILES string of the molecule is CC(C)NC(C(=O)O)c1ccc(F)c(F)c1. The molecule has 1 aromatic carbocycles. The third-order valence-corrected chi connectivity index (χ3v) is 2.02. The number of carboxylic acid groups (broad SMARTS) is 1. The number of rotatable bonds is 4. The van der Waals surface area contributed by atoms with Gasteiger partial charge in [-0.3, -0.25) is 10.1 Å². The molecule has 2 N–H and O–H groups in total. The summed E-state index contributed by atoms with van der Waals surface area (Å²) in [6, 6.07) is 1.96. The third kappa shape index (κ3) is 3.00. The first-order chi connectivity index (χ1) is 7.41. The van der Waals surface area contributed by atoms with Crippen molar-refractivity contribution < 1.29 is 18.7 Å². The second-order valence-electron chi connectivity index (χ2n) is 3.77. The summed E-state index contributed by atoms with van der Waals surface area (Å²) in [5.41, 5.74) is 0.195. The van der Waals surface area contributed by atoms with Gasteiger partial charge in [0.25, 0.3) is 0 Å². The van der Waals surface area contributed by atoms with Gasteiger partial charge in [-0.05, 0) is 31.5 Å². The van der Waals surface area contributed by atoms with Gasteiger partial charge < -0.3 is 5.11 Å². The molecule has 1 rings (SSSR count). The number of carboxylic acids is 1. The number of carbonyl (C=O) groups is 1. The van der Waals surface area contributed by atoms with E-state index in [0.29, 0.717) is 0 Å². The standard InChI is InChI=1S/C11H13F2NO2/c1-6(2)14-10(11(15)16)7-3-4-8(12)9(13)5-7/h3-6,10,14H,1-2H3,(H,15,16). The molecule has 0 heterocycles. The molecule has 1 unspecified atom stereocenters. The largest absolute Gasteiger partial charge is 0.480 e. The zero-order valence-electron chi connectivity index (χ0n) is 9.00. The van der Waals surface area contributed by atoms with E-state index < -0.39 is 23.6 Å². The van der Waals surface area contributed by atoms with E-state index in [1.165, 1.54) is 6.07 Å². The van der Waals surface area contributed by atoms with E-state index in [9.17, 15) is 13.6 Å². The van der Waals surface area contributed by atoms with Gasteiger partial charge in [-0.1, -0.05) is 6.07 Å². The number of aliphatic carboxylic acids is 1. The lowest BCUT2D eigenvalue weighted by Gasteiger charge is -2.17. The monoisotopic (exact) mass is 229 g/mol. The summed E-state index contributed by atoms with van der Waals surface area (Å²) in [6.45, 7) is 3.55. The molecule has 0 saturated carbocycles. The lowest BCUT2D eigenvalue weighted by molar-refractivity contribution is -0.139. The minimum atomic E-state index is -1.13. The van der Waals surface area contributed by atoms with E-state index in [0.717, 1.165) is 12.1 Å². The molecule has 1 aromatic rings. The van der Waals surface area contributed by atoms with Crippen molar-refractivity contribution in [1.82, 2.24) is 5.32 Å². The van der Waals surface area contributed by atoms with Gasteiger partial charge in [0, 0.05) is 6.04 Å². The summed E-state index contributed by atoms with van der Waals surface area (Å²) in [6.07, 6.45) is 0. The van der Waals surface area contributed by atoms with E-state index in [1.807, 2.05) is 0 Å². The Morgan fingerprint density at radius 3 is 2.38 bits per heavy atom. The predicted octanol–water partition coefficient (Wildman–Crippen LogP) is 2.09. The Kier molecular flexibility index (Phi) is 3.95. The van der Waals surface area contributed by atoms with Crippen LogP contribution in [0.5, 0.6) is 0 Å². The van der Waals surface area contributed by atoms with Gasteiger partial charge in [0.2, 0.25) is 0 Å². The number of hydrogen-bond acceptors (Lipinski definition) is 2. The average molecular weight is 229 g/mol. The first-order valence-electron chi connectivity index (χ1n) is 4.85. The van der Waals surface area contributed by atoms with Crippen molar-refractivity contribution in [3.05, 3.63) is 35.4 Å². The summed E-state index contributed by atoms with van der Waals surface area (Å²) in [5, 5.41) is 11.7. The van der Waals surface area contributed by atoms with Crippen molar-refractivity contribution in [2.45, 2.75) is 25.9 Å². The molecule has 0 fully saturated rings. The van der Waals surface area contributed by atoms with Crippen LogP contribution in [0.15, 0.2) is 18.2 Å². The van der Waals surface area contributed by atoms with Crippen molar-refractivity contribution in [2.24, 2.45) is 0 Å². The van der Waals surface area contributed by atoms with Crippen LogP contribution in [0.1, 0.15) is 25.5 Å². The van der Waals surface area contributed by atoms with Crippen LogP contribution in [0.3, 0.4) is 0 Å². The van der Waals surface area contributed by atoms with Crippen LogP contribution in [0.25, 0.3) is 0 Å². The minimum absolute atomic E-state index is 0.0748. The lowest BCUT2D eigenvalue weighted by Crippen LogP contribution is -2.33. The molecule has 1 atom stereocenters. The first kappa shape index (κ1) is 12.6. The smallest absolute Gasteiger partial charge is 0.325 e. The van der Waals surface area contributed by atoms with Crippen LogP contribution < -0.4 is 5.32 Å². The van der Waals surface area contributed by atoms with Gasteiger partial charge in [-0.25, -0.2) is 8.78 Å². The van der Waals surface area contributed by atoms with Crippen molar-refractivity contribution in [2.75, 3.05) is 0 Å². The molecule has 0 aliphatic carbocycles. The molecule has 0 aromatic heterocycles. The quantitative estimate of drug-likeness (QED) is 0.831. The summed E-state index contributed by atoms with van der Waals surface area (Å²) < 4.78 is 25.6. The molecule has 0 radical (unpaired) electrons. The number of halogens is 2. The first-order valence-corrected chi connectivity index (χ1v) is 4.85. The van der Waals surface area contributed by atoms with Gasteiger partial charge in [0.05, 0.1) is 0 Å². The Labute approximate surface area is 92.1 Å². The molecule has 0 spiro atoms.